The minimum absolute atomic E-state index is 0.113. The van der Waals surface area contributed by atoms with Crippen LogP contribution in [0.2, 0.25) is 0 Å². The maximum Gasteiger partial charge on any atom is 0.233 e. The van der Waals surface area contributed by atoms with Crippen LogP contribution in [0.15, 0.2) is 40.4 Å². The highest BCUT2D eigenvalue weighted by Gasteiger charge is 2.25. The van der Waals surface area contributed by atoms with Crippen molar-refractivity contribution in [1.29, 1.82) is 0 Å². The number of thiazole rings is 1. The smallest absolute Gasteiger partial charge is 0.233 e. The zero-order chi connectivity index (χ0) is 14.4. The maximum absolute atomic E-state index is 12.5. The van der Waals surface area contributed by atoms with E-state index >= 15 is 0 Å². The summed E-state index contributed by atoms with van der Waals surface area (Å²) >= 11 is 5.06. The molecule has 1 aromatic carbocycles. The average Bonchev–Trinajstić information content (AvgIpc) is 3.11. The summed E-state index contributed by atoms with van der Waals surface area (Å²) in [6.45, 7) is 0.757. The van der Waals surface area contributed by atoms with Gasteiger partial charge in [-0.2, -0.15) is 0 Å². The first-order valence-corrected chi connectivity index (χ1v) is 8.38. The van der Waals surface area contributed by atoms with Crippen LogP contribution in [-0.2, 0) is 17.6 Å². The number of benzene rings is 1. The number of amides is 1. The van der Waals surface area contributed by atoms with Crippen molar-refractivity contribution in [2.24, 2.45) is 0 Å². The van der Waals surface area contributed by atoms with Gasteiger partial charge in [0, 0.05) is 34.5 Å². The molecule has 0 aliphatic carbocycles. The topological polar surface area (TPSA) is 37.6 Å². The van der Waals surface area contributed by atoms with Crippen molar-refractivity contribution in [3.05, 3.63) is 51.7 Å². The van der Waals surface area contributed by atoms with Gasteiger partial charge in [-0.05, 0) is 30.2 Å². The molecule has 6 heteroatoms. The van der Waals surface area contributed by atoms with Crippen molar-refractivity contribution in [1.82, 2.24) is 9.38 Å². The average molecular weight is 362 g/mol. The first-order chi connectivity index (χ1) is 10.2. The molecule has 3 aromatic rings. The normalized spacial score (nSPS) is 13.9. The van der Waals surface area contributed by atoms with E-state index in [4.69, 9.17) is 0 Å². The van der Waals surface area contributed by atoms with Gasteiger partial charge in [-0.25, -0.2) is 4.98 Å². The highest BCUT2D eigenvalue weighted by Crippen LogP contribution is 2.31. The Labute approximate surface area is 134 Å². The van der Waals surface area contributed by atoms with Gasteiger partial charge in [0.2, 0.25) is 5.91 Å². The summed E-state index contributed by atoms with van der Waals surface area (Å²) in [7, 11) is 0. The summed E-state index contributed by atoms with van der Waals surface area (Å²) in [5.41, 5.74) is 3.09. The fourth-order valence-electron chi connectivity index (χ4n) is 2.74. The number of imidazole rings is 1. The molecule has 3 heterocycles. The van der Waals surface area contributed by atoms with Crippen LogP contribution in [0.1, 0.15) is 11.3 Å². The summed E-state index contributed by atoms with van der Waals surface area (Å²) in [4.78, 5) is 19.8. The Morgan fingerprint density at radius 1 is 1.43 bits per heavy atom. The van der Waals surface area contributed by atoms with Gasteiger partial charge in [0.05, 0.1) is 12.1 Å². The van der Waals surface area contributed by atoms with Crippen LogP contribution in [0.4, 0.5) is 5.69 Å². The number of carbonyl (C=O) groups excluding carboxylic acids is 1. The van der Waals surface area contributed by atoms with E-state index in [-0.39, 0.29) is 5.91 Å². The molecule has 0 fully saturated rings. The summed E-state index contributed by atoms with van der Waals surface area (Å²) in [5.74, 6) is 0.113. The highest BCUT2D eigenvalue weighted by atomic mass is 79.9. The molecular formula is C15H12BrN3OS. The summed E-state index contributed by atoms with van der Waals surface area (Å²) in [5, 5.41) is 1.99. The molecule has 0 spiro atoms. The molecule has 0 atom stereocenters. The molecule has 0 unspecified atom stereocenters. The quantitative estimate of drug-likeness (QED) is 0.702. The largest absolute Gasteiger partial charge is 0.311 e. The van der Waals surface area contributed by atoms with Crippen molar-refractivity contribution in [3.63, 3.8) is 0 Å². The van der Waals surface area contributed by atoms with Crippen LogP contribution in [0.25, 0.3) is 4.96 Å². The van der Waals surface area contributed by atoms with Gasteiger partial charge in [-0.3, -0.25) is 9.20 Å². The van der Waals surface area contributed by atoms with Gasteiger partial charge in [0.15, 0.2) is 4.96 Å². The van der Waals surface area contributed by atoms with Gasteiger partial charge in [0.25, 0.3) is 0 Å². The summed E-state index contributed by atoms with van der Waals surface area (Å²) in [6, 6.07) is 6.09. The number of rotatable bonds is 2. The number of aromatic nitrogens is 2. The van der Waals surface area contributed by atoms with Crippen LogP contribution in [-0.4, -0.2) is 21.8 Å². The monoisotopic (exact) mass is 361 g/mol. The van der Waals surface area contributed by atoms with Crippen LogP contribution >= 0.6 is 27.3 Å². The molecule has 1 amide bonds. The molecule has 21 heavy (non-hydrogen) atoms. The van der Waals surface area contributed by atoms with E-state index in [2.05, 4.69) is 27.0 Å². The predicted molar refractivity (Wildman–Crippen MR) is 87.0 cm³/mol. The molecule has 0 N–H and O–H groups in total. The number of halogens is 1. The zero-order valence-corrected chi connectivity index (χ0v) is 13.5. The Kier molecular flexibility index (Phi) is 3.08. The van der Waals surface area contributed by atoms with Crippen LogP contribution < -0.4 is 4.90 Å². The Bertz CT molecular complexity index is 810. The minimum atomic E-state index is 0.113. The SMILES string of the molecule is O=C(Cc1cn2ccsc2n1)N1CCc2cc(Br)ccc21. The van der Waals surface area contributed by atoms with Gasteiger partial charge in [0.1, 0.15) is 0 Å². The zero-order valence-electron chi connectivity index (χ0n) is 11.1. The summed E-state index contributed by atoms with van der Waals surface area (Å²) < 4.78 is 3.02. The lowest BCUT2D eigenvalue weighted by molar-refractivity contribution is -0.117. The molecule has 0 bridgehead atoms. The van der Waals surface area contributed by atoms with E-state index < -0.39 is 0 Å². The Hall–Kier alpha value is -1.66. The molecule has 1 aliphatic heterocycles. The Morgan fingerprint density at radius 3 is 3.19 bits per heavy atom. The van der Waals surface area contributed by atoms with Crippen molar-refractivity contribution < 1.29 is 4.79 Å². The van der Waals surface area contributed by atoms with Crippen LogP contribution in [0.5, 0.6) is 0 Å². The maximum atomic E-state index is 12.5. The molecule has 4 nitrogen and oxygen atoms in total. The minimum Gasteiger partial charge on any atom is -0.311 e. The highest BCUT2D eigenvalue weighted by molar-refractivity contribution is 9.10. The second kappa shape index (κ2) is 4.96. The second-order valence-corrected chi connectivity index (χ2v) is 6.86. The predicted octanol–water partition coefficient (Wildman–Crippen LogP) is 3.29. The van der Waals surface area contributed by atoms with E-state index in [0.29, 0.717) is 6.42 Å². The van der Waals surface area contributed by atoms with Crippen molar-refractivity contribution >= 4 is 43.8 Å². The van der Waals surface area contributed by atoms with Crippen LogP contribution in [0, 0.1) is 0 Å². The lowest BCUT2D eigenvalue weighted by Crippen LogP contribution is -2.30. The molecule has 2 aromatic heterocycles. The van der Waals surface area contributed by atoms with Crippen molar-refractivity contribution in [3.8, 4) is 0 Å². The van der Waals surface area contributed by atoms with E-state index in [0.717, 1.165) is 33.8 Å². The van der Waals surface area contributed by atoms with Gasteiger partial charge >= 0.3 is 0 Å². The first kappa shape index (κ1) is 13.0. The molecule has 106 valence electrons. The standard InChI is InChI=1S/C15H12BrN3OS/c16-11-1-2-13-10(7-11)3-4-19(13)14(20)8-12-9-18-5-6-21-15(18)17-12/h1-2,5-7,9H,3-4,8H2. The number of hydrogen-bond acceptors (Lipinski definition) is 3. The summed E-state index contributed by atoms with van der Waals surface area (Å²) in [6.07, 6.45) is 5.16. The third-order valence-electron chi connectivity index (χ3n) is 3.71. The van der Waals surface area contributed by atoms with Gasteiger partial charge in [-0.1, -0.05) is 15.9 Å². The number of anilines is 1. The molecule has 0 radical (unpaired) electrons. The Balaban J connectivity index is 1.57. The molecule has 4 rings (SSSR count). The molecule has 1 aliphatic rings. The van der Waals surface area contributed by atoms with E-state index in [1.807, 2.05) is 39.2 Å². The number of hydrogen-bond donors (Lipinski definition) is 0. The van der Waals surface area contributed by atoms with E-state index in [1.165, 1.54) is 5.56 Å². The van der Waals surface area contributed by atoms with Gasteiger partial charge in [-0.15, -0.1) is 11.3 Å². The molecule has 0 saturated heterocycles. The first-order valence-electron chi connectivity index (χ1n) is 6.70. The number of nitrogens with zero attached hydrogens (tertiary/aromatic N) is 3. The van der Waals surface area contributed by atoms with E-state index in [1.54, 1.807) is 11.3 Å². The Morgan fingerprint density at radius 2 is 2.33 bits per heavy atom. The molecule has 0 saturated carbocycles. The van der Waals surface area contributed by atoms with Crippen molar-refractivity contribution in [2.45, 2.75) is 12.8 Å². The fraction of sp³-hybridized carbons (Fsp3) is 0.200. The number of fused-ring (bicyclic) bond motifs is 2. The second-order valence-electron chi connectivity index (χ2n) is 5.07. The third kappa shape index (κ3) is 2.28. The fourth-order valence-corrected chi connectivity index (χ4v) is 3.87. The third-order valence-corrected chi connectivity index (χ3v) is 4.98. The molecular weight excluding hydrogens is 350 g/mol. The van der Waals surface area contributed by atoms with E-state index in [9.17, 15) is 4.79 Å². The lowest BCUT2D eigenvalue weighted by atomic mass is 10.2. The van der Waals surface area contributed by atoms with Gasteiger partial charge < -0.3 is 4.90 Å². The number of carbonyl (C=O) groups is 1. The van der Waals surface area contributed by atoms with Crippen LogP contribution in [0.3, 0.4) is 0 Å². The van der Waals surface area contributed by atoms with Crippen molar-refractivity contribution in [2.75, 3.05) is 11.4 Å². The lowest BCUT2D eigenvalue weighted by Gasteiger charge is -2.16.